The zero-order valence-electron chi connectivity index (χ0n) is 17.0. The summed E-state index contributed by atoms with van der Waals surface area (Å²) in [6.45, 7) is 7.42. The zero-order valence-corrected chi connectivity index (χ0v) is 17.0. The van der Waals surface area contributed by atoms with Gasteiger partial charge in [-0.25, -0.2) is 0 Å². The maximum Gasteiger partial charge on any atom is 0.178 e. The number of ether oxygens (including phenoxy) is 1. The third-order valence-corrected chi connectivity index (χ3v) is 10.3. The molecular formula is C20H32O8. The Kier molecular flexibility index (Phi) is 2.95. The van der Waals surface area contributed by atoms with Gasteiger partial charge in [0, 0.05) is 18.3 Å². The van der Waals surface area contributed by atoms with Crippen molar-refractivity contribution in [2.75, 3.05) is 0 Å². The van der Waals surface area contributed by atoms with Gasteiger partial charge in [0.1, 0.15) is 22.4 Å². The van der Waals surface area contributed by atoms with Crippen molar-refractivity contribution >= 4 is 0 Å². The smallest absolute Gasteiger partial charge is 0.178 e. The maximum atomic E-state index is 12.3. The highest BCUT2D eigenvalue weighted by molar-refractivity contribution is 5.55. The standard InChI is InChI=1S/C20H32O8/c1-10-6-7-15(23)13(4)8-18(26)14(5)16(24,12(2,3)22)9-17(13,25)20(14,27)19(15,28-18)11(10)21/h10-11,21-27H,6-9H2,1-5H3/t10-,11+,13-,14+,15-,16-,17+,18-,19+,20+/m0/s1. The van der Waals surface area contributed by atoms with Crippen LogP contribution in [0.4, 0.5) is 0 Å². The fourth-order valence-electron chi connectivity index (χ4n) is 8.63. The lowest BCUT2D eigenvalue weighted by Gasteiger charge is -2.60. The van der Waals surface area contributed by atoms with Gasteiger partial charge < -0.3 is 40.5 Å². The second-order valence-electron chi connectivity index (χ2n) is 11.2. The molecule has 0 aromatic heterocycles. The second-order valence-corrected chi connectivity index (χ2v) is 11.2. The Bertz CT molecular complexity index is 798. The quantitative estimate of drug-likeness (QED) is 0.289. The van der Waals surface area contributed by atoms with Crippen LogP contribution in [0.3, 0.4) is 0 Å². The Morgan fingerprint density at radius 2 is 1.54 bits per heavy atom. The first-order valence-electron chi connectivity index (χ1n) is 10.1. The lowest BCUT2D eigenvalue weighted by atomic mass is 9.52. The van der Waals surface area contributed by atoms with E-state index in [1.807, 2.05) is 0 Å². The van der Waals surface area contributed by atoms with Gasteiger partial charge in [0.15, 0.2) is 11.4 Å². The van der Waals surface area contributed by atoms with Crippen LogP contribution in [0.5, 0.6) is 0 Å². The van der Waals surface area contributed by atoms with Gasteiger partial charge in [-0.05, 0) is 39.5 Å². The lowest BCUT2D eigenvalue weighted by molar-refractivity contribution is -0.392. The molecule has 0 aromatic rings. The summed E-state index contributed by atoms with van der Waals surface area (Å²) in [5.74, 6) is -2.55. The molecule has 1 spiro atoms. The Balaban J connectivity index is 1.94. The van der Waals surface area contributed by atoms with Crippen LogP contribution in [0.25, 0.3) is 0 Å². The average molecular weight is 400 g/mol. The van der Waals surface area contributed by atoms with E-state index in [1.165, 1.54) is 20.8 Å². The van der Waals surface area contributed by atoms with Crippen molar-refractivity contribution in [1.82, 2.24) is 0 Å². The molecule has 2 heterocycles. The van der Waals surface area contributed by atoms with E-state index in [-0.39, 0.29) is 18.8 Å². The number of rotatable bonds is 1. The summed E-state index contributed by atoms with van der Waals surface area (Å²) >= 11 is 0. The van der Waals surface area contributed by atoms with Crippen LogP contribution >= 0.6 is 0 Å². The summed E-state index contributed by atoms with van der Waals surface area (Å²) < 4.78 is 6.05. The largest absolute Gasteiger partial charge is 0.390 e. The van der Waals surface area contributed by atoms with E-state index < -0.39 is 62.7 Å². The molecular weight excluding hydrogens is 368 g/mol. The van der Waals surface area contributed by atoms with E-state index in [4.69, 9.17) is 4.74 Å². The van der Waals surface area contributed by atoms with E-state index in [0.29, 0.717) is 6.42 Å². The van der Waals surface area contributed by atoms with Gasteiger partial charge in [-0.1, -0.05) is 13.8 Å². The fourth-order valence-corrected chi connectivity index (χ4v) is 8.63. The molecule has 8 heteroatoms. The van der Waals surface area contributed by atoms with Gasteiger partial charge in [0.25, 0.3) is 0 Å². The number of aliphatic hydroxyl groups excluding tert-OH is 1. The van der Waals surface area contributed by atoms with Crippen molar-refractivity contribution in [3.8, 4) is 0 Å². The molecule has 2 saturated heterocycles. The van der Waals surface area contributed by atoms with Gasteiger partial charge in [0.2, 0.25) is 0 Å². The van der Waals surface area contributed by atoms with Crippen molar-refractivity contribution in [2.24, 2.45) is 16.7 Å². The van der Waals surface area contributed by atoms with E-state index in [2.05, 4.69) is 0 Å². The Morgan fingerprint density at radius 3 is 2.07 bits per heavy atom. The summed E-state index contributed by atoms with van der Waals surface area (Å²) in [4.78, 5) is 0. The number of aliphatic hydroxyl groups is 7. The van der Waals surface area contributed by atoms with Gasteiger partial charge in [-0.2, -0.15) is 0 Å². The molecule has 6 bridgehead atoms. The van der Waals surface area contributed by atoms with Crippen molar-refractivity contribution in [3.63, 3.8) is 0 Å². The third-order valence-electron chi connectivity index (χ3n) is 10.3. The Morgan fingerprint density at radius 1 is 0.964 bits per heavy atom. The van der Waals surface area contributed by atoms with Gasteiger partial charge >= 0.3 is 0 Å². The summed E-state index contributed by atoms with van der Waals surface area (Å²) in [6.07, 6.45) is -1.48. The minimum Gasteiger partial charge on any atom is -0.390 e. The summed E-state index contributed by atoms with van der Waals surface area (Å²) in [7, 11) is 0. The molecule has 0 unspecified atom stereocenters. The van der Waals surface area contributed by atoms with Crippen LogP contribution in [0.1, 0.15) is 60.3 Å². The molecule has 7 N–H and O–H groups in total. The molecule has 6 aliphatic rings. The molecule has 2 aliphatic heterocycles. The minimum absolute atomic E-state index is 0.166. The van der Waals surface area contributed by atoms with Crippen molar-refractivity contribution in [2.45, 2.75) is 106 Å². The highest BCUT2D eigenvalue weighted by Crippen LogP contribution is 2.90. The topological polar surface area (TPSA) is 151 Å². The lowest BCUT2D eigenvalue weighted by Crippen LogP contribution is -2.76. The minimum atomic E-state index is -2.40. The molecule has 8 nitrogen and oxygen atoms in total. The predicted molar refractivity (Wildman–Crippen MR) is 94.7 cm³/mol. The van der Waals surface area contributed by atoms with Crippen LogP contribution in [0.15, 0.2) is 0 Å². The van der Waals surface area contributed by atoms with Crippen molar-refractivity contribution in [3.05, 3.63) is 0 Å². The van der Waals surface area contributed by atoms with Crippen LogP contribution < -0.4 is 0 Å². The third kappa shape index (κ3) is 1.19. The first-order valence-corrected chi connectivity index (χ1v) is 10.1. The fraction of sp³-hybridized carbons (Fsp3) is 1.00. The van der Waals surface area contributed by atoms with Crippen molar-refractivity contribution < 1.29 is 40.5 Å². The molecule has 10 atom stereocenters. The molecule has 6 rings (SSSR count). The first-order chi connectivity index (χ1) is 12.4. The summed E-state index contributed by atoms with van der Waals surface area (Å²) in [6, 6.07) is 0. The first kappa shape index (κ1) is 19.6. The zero-order chi connectivity index (χ0) is 21.2. The van der Waals surface area contributed by atoms with Crippen LogP contribution in [0, 0.1) is 16.7 Å². The van der Waals surface area contributed by atoms with E-state index in [1.54, 1.807) is 13.8 Å². The number of hydrogen-bond donors (Lipinski definition) is 7. The summed E-state index contributed by atoms with van der Waals surface area (Å²) in [5, 5.41) is 81.8. The SMILES string of the molecule is C[C@H]1CC[C@]2(O)[C@]3(C)C[C@]4(O)O[C@@]2([C@@H]1O)[C@]1(O)[C@@]3(O)C[C@](O)(C(C)(C)O)[C@@]14C. The summed E-state index contributed by atoms with van der Waals surface area (Å²) in [5.41, 5.74) is -15.8. The molecule has 160 valence electrons. The Labute approximate surface area is 163 Å². The monoisotopic (exact) mass is 400 g/mol. The van der Waals surface area contributed by atoms with Crippen LogP contribution in [-0.4, -0.2) is 81.2 Å². The molecule has 6 fully saturated rings. The molecule has 28 heavy (non-hydrogen) atoms. The van der Waals surface area contributed by atoms with E-state index in [9.17, 15) is 35.7 Å². The van der Waals surface area contributed by atoms with E-state index >= 15 is 0 Å². The second kappa shape index (κ2) is 4.21. The Hall–Kier alpha value is -0.320. The van der Waals surface area contributed by atoms with Crippen molar-refractivity contribution in [1.29, 1.82) is 0 Å². The highest BCUT2D eigenvalue weighted by atomic mass is 16.7. The maximum absolute atomic E-state index is 12.3. The molecule has 0 aromatic carbocycles. The van der Waals surface area contributed by atoms with Crippen LogP contribution in [-0.2, 0) is 4.74 Å². The normalized spacial score (nSPS) is 69.9. The van der Waals surface area contributed by atoms with Gasteiger partial charge in [-0.15, -0.1) is 0 Å². The van der Waals surface area contributed by atoms with Gasteiger partial charge in [0.05, 0.1) is 17.1 Å². The molecule has 0 amide bonds. The van der Waals surface area contributed by atoms with E-state index in [0.717, 1.165) is 0 Å². The molecule has 0 radical (unpaired) electrons. The molecule has 4 saturated carbocycles. The highest BCUT2D eigenvalue weighted by Gasteiger charge is 3.08. The molecule has 4 aliphatic carbocycles. The van der Waals surface area contributed by atoms with Gasteiger partial charge in [-0.3, -0.25) is 0 Å². The predicted octanol–water partition coefficient (Wildman–Crippen LogP) is -1.24. The number of hydrogen-bond acceptors (Lipinski definition) is 8. The van der Waals surface area contributed by atoms with Crippen LogP contribution in [0.2, 0.25) is 0 Å². The average Bonchev–Trinajstić information content (AvgIpc) is 2.81.